The van der Waals surface area contributed by atoms with Crippen LogP contribution < -0.4 is 0 Å². The molecule has 0 N–H and O–H groups in total. The van der Waals surface area contributed by atoms with Crippen LogP contribution in [-0.4, -0.2) is 54.9 Å². The molecular formula is C29H43N3O3. The molecule has 1 aromatic rings. The molecule has 0 bridgehead atoms. The summed E-state index contributed by atoms with van der Waals surface area (Å²) in [5, 5.41) is 8.15. The van der Waals surface area contributed by atoms with E-state index in [2.05, 4.69) is 18.1 Å². The van der Waals surface area contributed by atoms with Crippen LogP contribution in [0.2, 0.25) is 0 Å². The van der Waals surface area contributed by atoms with Crippen LogP contribution in [0.1, 0.15) is 68.9 Å². The maximum atomic E-state index is 12.6. The second kappa shape index (κ2) is 18.2. The molecule has 0 saturated heterocycles. The molecule has 1 aliphatic heterocycles. The van der Waals surface area contributed by atoms with Gasteiger partial charge in [0.05, 0.1) is 18.1 Å². The number of rotatable bonds is 11. The smallest absolute Gasteiger partial charge is 0.338 e. The number of amides is 1. The summed E-state index contributed by atoms with van der Waals surface area (Å²) in [6.45, 7) is 20.8. The number of ether oxygens (including phenoxy) is 1. The molecule has 1 aliphatic rings. The summed E-state index contributed by atoms with van der Waals surface area (Å²) in [6, 6.07) is 7.52. The van der Waals surface area contributed by atoms with Crippen LogP contribution in [0, 0.1) is 11.3 Å². The zero-order valence-electron chi connectivity index (χ0n) is 22.5. The SMILES string of the molecule is C=CC(=C)CCN(C)CCN(CC)C(=O)Cc1ccc2c(c1)COC2=O.CC.CC/C=C(\C)C#N. The molecule has 6 nitrogen and oxygen atoms in total. The monoisotopic (exact) mass is 481 g/mol. The van der Waals surface area contributed by atoms with E-state index >= 15 is 0 Å². The van der Waals surface area contributed by atoms with Crippen molar-refractivity contribution in [2.75, 3.05) is 33.2 Å². The number of allylic oxidation sites excluding steroid dienone is 3. The van der Waals surface area contributed by atoms with Gasteiger partial charge in [-0.25, -0.2) is 4.79 Å². The third-order valence-electron chi connectivity index (χ3n) is 5.38. The van der Waals surface area contributed by atoms with Gasteiger partial charge in [0.25, 0.3) is 0 Å². The van der Waals surface area contributed by atoms with E-state index in [1.807, 2.05) is 70.8 Å². The zero-order chi connectivity index (χ0) is 26.8. The number of nitrogens with zero attached hydrogens (tertiary/aromatic N) is 3. The highest BCUT2D eigenvalue weighted by atomic mass is 16.5. The molecule has 192 valence electrons. The Hall–Kier alpha value is -3.17. The first-order chi connectivity index (χ1) is 16.7. The van der Waals surface area contributed by atoms with Crippen molar-refractivity contribution in [2.24, 2.45) is 0 Å². The lowest BCUT2D eigenvalue weighted by Crippen LogP contribution is -2.38. The van der Waals surface area contributed by atoms with Crippen molar-refractivity contribution in [1.82, 2.24) is 9.80 Å². The fourth-order valence-corrected chi connectivity index (χ4v) is 3.23. The Kier molecular flexibility index (Phi) is 16.5. The molecule has 1 aromatic carbocycles. The maximum Gasteiger partial charge on any atom is 0.338 e. The second-order valence-electron chi connectivity index (χ2n) is 8.04. The molecule has 0 saturated carbocycles. The zero-order valence-corrected chi connectivity index (χ0v) is 22.5. The van der Waals surface area contributed by atoms with Crippen LogP contribution in [0.25, 0.3) is 0 Å². The number of carbonyl (C=O) groups excluding carboxylic acids is 2. The first kappa shape index (κ1) is 31.8. The van der Waals surface area contributed by atoms with Gasteiger partial charge in [-0.15, -0.1) is 0 Å². The first-order valence-electron chi connectivity index (χ1n) is 12.4. The van der Waals surface area contributed by atoms with E-state index in [1.54, 1.807) is 12.1 Å². The van der Waals surface area contributed by atoms with Crippen molar-refractivity contribution in [3.63, 3.8) is 0 Å². The Morgan fingerprint density at radius 2 is 1.91 bits per heavy atom. The molecule has 0 radical (unpaired) electrons. The highest BCUT2D eigenvalue weighted by Crippen LogP contribution is 2.21. The fraction of sp³-hybridized carbons (Fsp3) is 0.483. The largest absolute Gasteiger partial charge is 0.457 e. The van der Waals surface area contributed by atoms with E-state index in [-0.39, 0.29) is 11.9 Å². The molecule has 0 fully saturated rings. The van der Waals surface area contributed by atoms with Crippen molar-refractivity contribution >= 4 is 11.9 Å². The van der Waals surface area contributed by atoms with Gasteiger partial charge in [-0.1, -0.05) is 63.8 Å². The summed E-state index contributed by atoms with van der Waals surface area (Å²) < 4.78 is 5.01. The summed E-state index contributed by atoms with van der Waals surface area (Å²) in [6.07, 6.45) is 5.87. The van der Waals surface area contributed by atoms with Crippen molar-refractivity contribution in [3.05, 3.63) is 71.3 Å². The number of esters is 1. The summed E-state index contributed by atoms with van der Waals surface area (Å²) in [5.41, 5.74) is 4.23. The fourth-order valence-electron chi connectivity index (χ4n) is 3.23. The lowest BCUT2D eigenvalue weighted by atomic mass is 10.0. The highest BCUT2D eigenvalue weighted by Gasteiger charge is 2.22. The van der Waals surface area contributed by atoms with Gasteiger partial charge >= 0.3 is 5.97 Å². The minimum Gasteiger partial charge on any atom is -0.457 e. The normalized spacial score (nSPS) is 11.7. The third-order valence-corrected chi connectivity index (χ3v) is 5.38. The van der Waals surface area contributed by atoms with Gasteiger partial charge in [-0.2, -0.15) is 5.26 Å². The molecule has 0 atom stereocenters. The average Bonchev–Trinajstić information content (AvgIpc) is 3.24. The minimum absolute atomic E-state index is 0.0987. The first-order valence-corrected chi connectivity index (χ1v) is 12.4. The van der Waals surface area contributed by atoms with E-state index in [1.165, 1.54) is 0 Å². The van der Waals surface area contributed by atoms with Crippen molar-refractivity contribution < 1.29 is 14.3 Å². The summed E-state index contributed by atoms with van der Waals surface area (Å²) >= 11 is 0. The quantitative estimate of drug-likeness (QED) is 0.230. The van der Waals surface area contributed by atoms with E-state index in [4.69, 9.17) is 10.00 Å². The van der Waals surface area contributed by atoms with Gasteiger partial charge in [-0.3, -0.25) is 4.79 Å². The van der Waals surface area contributed by atoms with Crippen LogP contribution in [0.3, 0.4) is 0 Å². The molecule has 0 unspecified atom stereocenters. The molecule has 0 aliphatic carbocycles. The highest BCUT2D eigenvalue weighted by molar-refractivity contribution is 5.93. The van der Waals surface area contributed by atoms with E-state index in [0.717, 1.165) is 48.2 Å². The average molecular weight is 482 g/mol. The van der Waals surface area contributed by atoms with Crippen molar-refractivity contribution in [2.45, 2.75) is 60.5 Å². The van der Waals surface area contributed by atoms with Crippen molar-refractivity contribution in [3.8, 4) is 6.07 Å². The van der Waals surface area contributed by atoms with Gasteiger partial charge < -0.3 is 14.5 Å². The molecule has 0 aromatic heterocycles. The van der Waals surface area contributed by atoms with Crippen LogP contribution in [0.5, 0.6) is 0 Å². The van der Waals surface area contributed by atoms with Gasteiger partial charge in [0.15, 0.2) is 0 Å². The summed E-state index contributed by atoms with van der Waals surface area (Å²) in [4.78, 5) is 28.2. The summed E-state index contributed by atoms with van der Waals surface area (Å²) in [5.74, 6) is -0.183. The Balaban J connectivity index is 0.00000110. The molecule has 2 rings (SSSR count). The predicted octanol–water partition coefficient (Wildman–Crippen LogP) is 5.70. The number of nitriles is 1. The van der Waals surface area contributed by atoms with Crippen LogP contribution >= 0.6 is 0 Å². The second-order valence-corrected chi connectivity index (χ2v) is 8.04. The molecule has 35 heavy (non-hydrogen) atoms. The van der Waals surface area contributed by atoms with E-state index in [0.29, 0.717) is 31.7 Å². The Morgan fingerprint density at radius 3 is 2.46 bits per heavy atom. The van der Waals surface area contributed by atoms with Crippen molar-refractivity contribution in [1.29, 1.82) is 5.26 Å². The number of cyclic esters (lactones) is 1. The number of hydrogen-bond acceptors (Lipinski definition) is 5. The molecule has 1 heterocycles. The minimum atomic E-state index is -0.282. The number of fused-ring (bicyclic) bond motifs is 1. The van der Waals surface area contributed by atoms with E-state index < -0.39 is 0 Å². The lowest BCUT2D eigenvalue weighted by molar-refractivity contribution is -0.130. The number of hydrogen-bond donors (Lipinski definition) is 0. The molecule has 1 amide bonds. The maximum absolute atomic E-state index is 12.6. The molecule has 6 heteroatoms. The Morgan fingerprint density at radius 1 is 1.23 bits per heavy atom. The van der Waals surface area contributed by atoms with Crippen LogP contribution in [0.4, 0.5) is 0 Å². The van der Waals surface area contributed by atoms with Gasteiger partial charge in [0.1, 0.15) is 6.61 Å². The van der Waals surface area contributed by atoms with Gasteiger partial charge in [0.2, 0.25) is 5.91 Å². The third kappa shape index (κ3) is 12.2. The predicted molar refractivity (Wildman–Crippen MR) is 144 cm³/mol. The van der Waals surface area contributed by atoms with Gasteiger partial charge in [0, 0.05) is 37.3 Å². The lowest BCUT2D eigenvalue weighted by Gasteiger charge is -2.25. The number of likely N-dealkylation sites (N-methyl/N-ethyl adjacent to an activating group) is 2. The topological polar surface area (TPSA) is 73.6 Å². The number of benzene rings is 1. The van der Waals surface area contributed by atoms with Crippen LogP contribution in [-0.2, 0) is 22.6 Å². The summed E-state index contributed by atoms with van der Waals surface area (Å²) in [7, 11) is 2.05. The Bertz CT molecular complexity index is 912. The molecular weight excluding hydrogens is 438 g/mol. The van der Waals surface area contributed by atoms with Crippen LogP contribution in [0.15, 0.2) is 54.7 Å². The standard InChI is InChI=1S/C21H28N2O3.C6H9N.C2H6/c1-5-16(3)9-10-22(4)11-12-23(6-2)20(24)14-17-7-8-19-18(13-17)15-26-21(19)25;1-3-4-6(2)5-7;1-2/h5,7-8,13H,1,3,6,9-12,14-15H2,2,4H3;4H,3H2,1-2H3;1-2H3/b;6-4+;. The molecule has 0 spiro atoms. The van der Waals surface area contributed by atoms with Gasteiger partial charge in [-0.05, 0) is 45.4 Å². The number of carbonyl (C=O) groups is 2. The van der Waals surface area contributed by atoms with E-state index in [9.17, 15) is 9.59 Å². The Labute approximate surface area is 212 Å².